The fourth-order valence-corrected chi connectivity index (χ4v) is 1.90. The number of aromatic hydroxyl groups is 1. The van der Waals surface area contributed by atoms with Gasteiger partial charge in [0.25, 0.3) is 0 Å². The summed E-state index contributed by atoms with van der Waals surface area (Å²) in [5.41, 5.74) is 1.49. The normalized spacial score (nSPS) is 10.8. The summed E-state index contributed by atoms with van der Waals surface area (Å²) in [6.07, 6.45) is 5.38. The number of carbonyl (C=O) groups is 1. The van der Waals surface area contributed by atoms with Crippen molar-refractivity contribution in [2.45, 2.75) is 19.8 Å². The van der Waals surface area contributed by atoms with Crippen LogP contribution in [0.3, 0.4) is 0 Å². The summed E-state index contributed by atoms with van der Waals surface area (Å²) < 4.78 is 5.57. The first-order valence-electron chi connectivity index (χ1n) is 7.43. The molecule has 0 unspecified atom stereocenters. The third-order valence-corrected chi connectivity index (χ3v) is 3.23. The first-order valence-corrected chi connectivity index (χ1v) is 7.43. The van der Waals surface area contributed by atoms with Crippen molar-refractivity contribution in [3.8, 4) is 11.5 Å². The molecule has 3 heteroatoms. The fourth-order valence-electron chi connectivity index (χ4n) is 1.90. The lowest BCUT2D eigenvalue weighted by Crippen LogP contribution is -1.98. The van der Waals surface area contributed by atoms with Crippen LogP contribution in [0, 0.1) is 0 Å². The maximum absolute atomic E-state index is 12.1. The minimum Gasteiger partial charge on any atom is -0.508 e. The number of ketones is 1. The average molecular weight is 296 g/mol. The Labute approximate surface area is 130 Å². The first kappa shape index (κ1) is 15.8. The average Bonchev–Trinajstić information content (AvgIpc) is 2.55. The van der Waals surface area contributed by atoms with Gasteiger partial charge in [0, 0.05) is 5.56 Å². The molecule has 0 aliphatic rings. The predicted octanol–water partition coefficient (Wildman–Crippen LogP) is 4.47. The highest BCUT2D eigenvalue weighted by Gasteiger charge is 2.02. The van der Waals surface area contributed by atoms with E-state index in [4.69, 9.17) is 4.74 Å². The molecule has 0 saturated heterocycles. The second kappa shape index (κ2) is 8.03. The number of allylic oxidation sites excluding steroid dienone is 1. The van der Waals surface area contributed by atoms with Crippen molar-refractivity contribution in [3.63, 3.8) is 0 Å². The highest BCUT2D eigenvalue weighted by Crippen LogP contribution is 2.15. The molecular weight excluding hydrogens is 276 g/mol. The summed E-state index contributed by atoms with van der Waals surface area (Å²) in [6, 6.07) is 13.9. The van der Waals surface area contributed by atoms with Gasteiger partial charge in [-0.05, 0) is 54.5 Å². The number of hydrogen-bond acceptors (Lipinski definition) is 3. The highest BCUT2D eigenvalue weighted by molar-refractivity contribution is 6.06. The summed E-state index contributed by atoms with van der Waals surface area (Å²) in [5.74, 6) is 0.933. The van der Waals surface area contributed by atoms with E-state index in [9.17, 15) is 9.90 Å². The Bertz CT molecular complexity index is 625. The molecule has 0 aromatic heterocycles. The molecule has 1 N–H and O–H groups in total. The van der Waals surface area contributed by atoms with Gasteiger partial charge in [0.05, 0.1) is 6.61 Å². The van der Waals surface area contributed by atoms with Crippen LogP contribution in [0.25, 0.3) is 6.08 Å². The second-order valence-corrected chi connectivity index (χ2v) is 5.02. The number of unbranched alkanes of at least 4 members (excludes halogenated alkanes) is 1. The van der Waals surface area contributed by atoms with E-state index in [2.05, 4.69) is 6.92 Å². The Morgan fingerprint density at radius 1 is 1.09 bits per heavy atom. The summed E-state index contributed by atoms with van der Waals surface area (Å²) in [7, 11) is 0. The topological polar surface area (TPSA) is 46.5 Å². The molecule has 0 aliphatic heterocycles. The maximum Gasteiger partial charge on any atom is 0.185 e. The predicted molar refractivity (Wildman–Crippen MR) is 88.3 cm³/mol. The summed E-state index contributed by atoms with van der Waals surface area (Å²) >= 11 is 0. The van der Waals surface area contributed by atoms with Crippen LogP contribution < -0.4 is 4.74 Å². The van der Waals surface area contributed by atoms with Crippen LogP contribution in [0.5, 0.6) is 11.5 Å². The molecular formula is C19H20O3. The van der Waals surface area contributed by atoms with Crippen molar-refractivity contribution >= 4 is 11.9 Å². The molecule has 2 aromatic carbocycles. The van der Waals surface area contributed by atoms with Gasteiger partial charge < -0.3 is 9.84 Å². The molecule has 0 fully saturated rings. The number of benzene rings is 2. The zero-order valence-electron chi connectivity index (χ0n) is 12.7. The standard InChI is InChI=1S/C19H20O3/c1-2-3-14-22-18-11-7-16(8-12-18)19(21)13-6-15-4-9-17(20)10-5-15/h4-13,20H,2-3,14H2,1H3/b13-6+. The molecule has 0 saturated carbocycles. The Balaban J connectivity index is 1.96. The first-order chi connectivity index (χ1) is 10.7. The van der Waals surface area contributed by atoms with Crippen molar-refractivity contribution in [1.82, 2.24) is 0 Å². The zero-order valence-corrected chi connectivity index (χ0v) is 12.7. The number of phenolic OH excluding ortho intramolecular Hbond substituents is 1. The van der Waals surface area contributed by atoms with Crippen LogP contribution in [0.4, 0.5) is 0 Å². The lowest BCUT2D eigenvalue weighted by atomic mass is 10.1. The number of carbonyl (C=O) groups excluding carboxylic acids is 1. The molecule has 2 rings (SSSR count). The van der Waals surface area contributed by atoms with Gasteiger partial charge in [0.2, 0.25) is 0 Å². The molecule has 0 amide bonds. The fraction of sp³-hybridized carbons (Fsp3) is 0.211. The monoisotopic (exact) mass is 296 g/mol. The molecule has 0 bridgehead atoms. The summed E-state index contributed by atoms with van der Waals surface area (Å²) in [5, 5.41) is 9.21. The summed E-state index contributed by atoms with van der Waals surface area (Å²) in [6.45, 7) is 2.82. The van der Waals surface area contributed by atoms with Gasteiger partial charge in [-0.1, -0.05) is 31.6 Å². The zero-order chi connectivity index (χ0) is 15.8. The van der Waals surface area contributed by atoms with Crippen molar-refractivity contribution in [3.05, 3.63) is 65.7 Å². The van der Waals surface area contributed by atoms with Gasteiger partial charge in [-0.25, -0.2) is 0 Å². The van der Waals surface area contributed by atoms with E-state index in [0.717, 1.165) is 24.2 Å². The van der Waals surface area contributed by atoms with E-state index < -0.39 is 0 Å². The smallest absolute Gasteiger partial charge is 0.185 e. The van der Waals surface area contributed by atoms with Gasteiger partial charge in [-0.2, -0.15) is 0 Å². The van der Waals surface area contributed by atoms with Crippen molar-refractivity contribution < 1.29 is 14.6 Å². The van der Waals surface area contributed by atoms with Crippen LogP contribution in [-0.2, 0) is 0 Å². The minimum atomic E-state index is -0.0619. The Hall–Kier alpha value is -2.55. The molecule has 3 nitrogen and oxygen atoms in total. The van der Waals surface area contributed by atoms with E-state index in [1.165, 1.54) is 6.08 Å². The lowest BCUT2D eigenvalue weighted by molar-refractivity contribution is 0.104. The molecule has 0 atom stereocenters. The molecule has 0 spiro atoms. The number of ether oxygens (including phenoxy) is 1. The van der Waals surface area contributed by atoms with Gasteiger partial charge in [-0.3, -0.25) is 4.79 Å². The molecule has 22 heavy (non-hydrogen) atoms. The van der Waals surface area contributed by atoms with E-state index >= 15 is 0 Å². The number of hydrogen-bond donors (Lipinski definition) is 1. The number of rotatable bonds is 7. The van der Waals surface area contributed by atoms with E-state index in [1.54, 1.807) is 42.5 Å². The van der Waals surface area contributed by atoms with Crippen LogP contribution in [0.2, 0.25) is 0 Å². The quantitative estimate of drug-likeness (QED) is 0.466. The van der Waals surface area contributed by atoms with E-state index in [-0.39, 0.29) is 11.5 Å². The van der Waals surface area contributed by atoms with Crippen molar-refractivity contribution in [2.24, 2.45) is 0 Å². The van der Waals surface area contributed by atoms with Crippen molar-refractivity contribution in [2.75, 3.05) is 6.61 Å². The Morgan fingerprint density at radius 2 is 1.77 bits per heavy atom. The van der Waals surface area contributed by atoms with Crippen molar-refractivity contribution in [1.29, 1.82) is 0 Å². The molecule has 0 radical (unpaired) electrons. The van der Waals surface area contributed by atoms with Gasteiger partial charge in [0.1, 0.15) is 11.5 Å². The van der Waals surface area contributed by atoms with E-state index in [0.29, 0.717) is 12.2 Å². The Morgan fingerprint density at radius 3 is 2.41 bits per heavy atom. The van der Waals surface area contributed by atoms with Crippen LogP contribution in [-0.4, -0.2) is 17.5 Å². The van der Waals surface area contributed by atoms with E-state index in [1.807, 2.05) is 12.1 Å². The highest BCUT2D eigenvalue weighted by atomic mass is 16.5. The largest absolute Gasteiger partial charge is 0.508 e. The van der Waals surface area contributed by atoms with Crippen LogP contribution in [0.1, 0.15) is 35.7 Å². The molecule has 2 aromatic rings. The third-order valence-electron chi connectivity index (χ3n) is 3.23. The SMILES string of the molecule is CCCCOc1ccc(C(=O)/C=C/c2ccc(O)cc2)cc1. The minimum absolute atomic E-state index is 0.0619. The van der Waals surface area contributed by atoms with Gasteiger partial charge in [0.15, 0.2) is 5.78 Å². The third kappa shape index (κ3) is 4.77. The van der Waals surface area contributed by atoms with Crippen LogP contribution >= 0.6 is 0 Å². The Kier molecular flexibility index (Phi) is 5.78. The van der Waals surface area contributed by atoms with Gasteiger partial charge in [-0.15, -0.1) is 0 Å². The van der Waals surface area contributed by atoms with Gasteiger partial charge >= 0.3 is 0 Å². The van der Waals surface area contributed by atoms with Crippen LogP contribution in [0.15, 0.2) is 54.6 Å². The molecule has 0 heterocycles. The summed E-state index contributed by atoms with van der Waals surface area (Å²) in [4.78, 5) is 12.1. The number of phenols is 1. The molecule has 114 valence electrons. The molecule has 0 aliphatic carbocycles. The second-order valence-electron chi connectivity index (χ2n) is 5.02. The lowest BCUT2D eigenvalue weighted by Gasteiger charge is -2.05. The maximum atomic E-state index is 12.1.